The summed E-state index contributed by atoms with van der Waals surface area (Å²) in [5.74, 6) is 0.897. The van der Waals surface area contributed by atoms with E-state index in [1.165, 1.54) is 24.8 Å². The molecule has 0 aromatic heterocycles. The van der Waals surface area contributed by atoms with Crippen LogP contribution in [-0.2, 0) is 0 Å². The van der Waals surface area contributed by atoms with Crippen molar-refractivity contribution >= 4 is 0 Å². The van der Waals surface area contributed by atoms with Gasteiger partial charge in [-0.15, -0.1) is 0 Å². The predicted molar refractivity (Wildman–Crippen MR) is 81.0 cm³/mol. The molecule has 1 heterocycles. The largest absolute Gasteiger partial charge is 0.487 e. The SMILES string of the molecule is Cc1ccc2c(c1)C(O)CC1(CCCC(C)(C)CC1)O2. The number of ether oxygens (including phenoxy) is 1. The Bertz CT molecular complexity index is 506. The highest BCUT2D eigenvalue weighted by Gasteiger charge is 2.42. The molecule has 1 spiro atoms. The van der Waals surface area contributed by atoms with E-state index in [1.807, 2.05) is 6.07 Å². The first-order valence-corrected chi connectivity index (χ1v) is 7.87. The highest BCUT2D eigenvalue weighted by atomic mass is 16.5. The minimum Gasteiger partial charge on any atom is -0.487 e. The molecule has 2 heteroatoms. The lowest BCUT2D eigenvalue weighted by atomic mass is 9.81. The molecule has 2 unspecified atom stereocenters. The summed E-state index contributed by atoms with van der Waals surface area (Å²) in [7, 11) is 0. The molecule has 2 aliphatic rings. The van der Waals surface area contributed by atoms with Gasteiger partial charge in [-0.3, -0.25) is 0 Å². The first kappa shape index (κ1) is 13.9. The lowest BCUT2D eigenvalue weighted by molar-refractivity contribution is -0.0260. The van der Waals surface area contributed by atoms with E-state index in [9.17, 15) is 5.11 Å². The van der Waals surface area contributed by atoms with Gasteiger partial charge in [-0.1, -0.05) is 25.5 Å². The van der Waals surface area contributed by atoms with Crippen molar-refractivity contribution in [1.82, 2.24) is 0 Å². The quantitative estimate of drug-likeness (QED) is 0.752. The van der Waals surface area contributed by atoms with Gasteiger partial charge < -0.3 is 9.84 Å². The fourth-order valence-corrected chi connectivity index (χ4v) is 3.77. The first-order chi connectivity index (χ1) is 9.39. The smallest absolute Gasteiger partial charge is 0.125 e. The molecular weight excluding hydrogens is 248 g/mol. The van der Waals surface area contributed by atoms with Crippen molar-refractivity contribution in [3.05, 3.63) is 29.3 Å². The van der Waals surface area contributed by atoms with Gasteiger partial charge in [0.1, 0.15) is 11.4 Å². The number of rotatable bonds is 0. The normalized spacial score (nSPS) is 32.3. The Balaban J connectivity index is 1.88. The Morgan fingerprint density at radius 3 is 2.75 bits per heavy atom. The second kappa shape index (κ2) is 4.77. The van der Waals surface area contributed by atoms with Gasteiger partial charge in [-0.25, -0.2) is 0 Å². The van der Waals surface area contributed by atoms with E-state index in [1.54, 1.807) is 0 Å². The monoisotopic (exact) mass is 274 g/mol. The van der Waals surface area contributed by atoms with Crippen molar-refractivity contribution in [1.29, 1.82) is 0 Å². The van der Waals surface area contributed by atoms with E-state index in [2.05, 4.69) is 32.9 Å². The van der Waals surface area contributed by atoms with Crippen LogP contribution >= 0.6 is 0 Å². The summed E-state index contributed by atoms with van der Waals surface area (Å²) in [5.41, 5.74) is 2.42. The average molecular weight is 274 g/mol. The number of hydrogen-bond acceptors (Lipinski definition) is 2. The van der Waals surface area contributed by atoms with Gasteiger partial charge in [0.2, 0.25) is 0 Å². The predicted octanol–water partition coefficient (Wildman–Crippen LogP) is 4.54. The van der Waals surface area contributed by atoms with E-state index < -0.39 is 0 Å². The molecule has 1 saturated carbocycles. The fraction of sp³-hybridized carbons (Fsp3) is 0.667. The maximum Gasteiger partial charge on any atom is 0.125 e. The van der Waals surface area contributed by atoms with Gasteiger partial charge in [0.25, 0.3) is 0 Å². The van der Waals surface area contributed by atoms with Gasteiger partial charge in [-0.2, -0.15) is 0 Å². The Morgan fingerprint density at radius 1 is 1.15 bits per heavy atom. The molecule has 2 nitrogen and oxygen atoms in total. The van der Waals surface area contributed by atoms with Crippen molar-refractivity contribution in [3.8, 4) is 5.75 Å². The van der Waals surface area contributed by atoms with Crippen LogP contribution in [0.25, 0.3) is 0 Å². The van der Waals surface area contributed by atoms with Crippen molar-refractivity contribution in [2.75, 3.05) is 0 Å². The summed E-state index contributed by atoms with van der Waals surface area (Å²) >= 11 is 0. The molecule has 1 aromatic rings. The van der Waals surface area contributed by atoms with Crippen molar-refractivity contribution in [2.45, 2.75) is 71.0 Å². The number of aryl methyl sites for hydroxylation is 1. The lowest BCUT2D eigenvalue weighted by Crippen LogP contribution is -2.41. The van der Waals surface area contributed by atoms with Gasteiger partial charge in [0, 0.05) is 12.0 Å². The van der Waals surface area contributed by atoms with Gasteiger partial charge >= 0.3 is 0 Å². The van der Waals surface area contributed by atoms with E-state index in [-0.39, 0.29) is 11.7 Å². The molecule has 2 atom stereocenters. The molecule has 3 rings (SSSR count). The van der Waals surface area contributed by atoms with Crippen LogP contribution in [-0.4, -0.2) is 10.7 Å². The van der Waals surface area contributed by atoms with Gasteiger partial charge in [-0.05, 0) is 56.6 Å². The molecule has 1 fully saturated rings. The van der Waals surface area contributed by atoms with Crippen LogP contribution in [0.15, 0.2) is 18.2 Å². The number of hydrogen-bond donors (Lipinski definition) is 1. The first-order valence-electron chi connectivity index (χ1n) is 7.87. The van der Waals surface area contributed by atoms with Crippen molar-refractivity contribution in [2.24, 2.45) is 5.41 Å². The summed E-state index contributed by atoms with van der Waals surface area (Å²) in [6.45, 7) is 6.76. The zero-order valence-corrected chi connectivity index (χ0v) is 12.9. The molecule has 110 valence electrons. The topological polar surface area (TPSA) is 29.5 Å². The van der Waals surface area contributed by atoms with Crippen LogP contribution < -0.4 is 4.74 Å². The molecule has 0 saturated heterocycles. The molecule has 0 amide bonds. The Morgan fingerprint density at radius 2 is 1.95 bits per heavy atom. The number of fused-ring (bicyclic) bond motifs is 1. The molecule has 1 aromatic carbocycles. The highest BCUT2D eigenvalue weighted by Crippen LogP contribution is 2.48. The minimum atomic E-state index is -0.375. The summed E-state index contributed by atoms with van der Waals surface area (Å²) < 4.78 is 6.40. The summed E-state index contributed by atoms with van der Waals surface area (Å²) in [6, 6.07) is 6.17. The maximum atomic E-state index is 10.5. The number of benzene rings is 1. The van der Waals surface area contributed by atoms with Crippen molar-refractivity contribution < 1.29 is 9.84 Å². The van der Waals surface area contributed by atoms with Crippen LogP contribution in [0.4, 0.5) is 0 Å². The molecule has 1 N–H and O–H groups in total. The second-order valence-electron chi connectivity index (χ2n) is 7.56. The third-order valence-electron chi connectivity index (χ3n) is 5.16. The molecule has 1 aliphatic heterocycles. The standard InChI is InChI=1S/C18H26O2/c1-13-5-6-16-14(11-13)15(19)12-18(20-16)8-4-7-17(2,3)9-10-18/h5-6,11,15,19H,4,7-10,12H2,1-3H3. The van der Waals surface area contributed by atoms with Gasteiger partial charge in [0.15, 0.2) is 0 Å². The molecular formula is C18H26O2. The number of aliphatic hydroxyl groups is 1. The Hall–Kier alpha value is -1.02. The third-order valence-corrected chi connectivity index (χ3v) is 5.16. The zero-order chi connectivity index (χ0) is 14.4. The minimum absolute atomic E-state index is 0.143. The lowest BCUT2D eigenvalue weighted by Gasteiger charge is -2.41. The van der Waals surface area contributed by atoms with E-state index in [0.717, 1.165) is 30.6 Å². The van der Waals surface area contributed by atoms with E-state index in [4.69, 9.17) is 4.74 Å². The Labute approximate surface area is 122 Å². The molecule has 0 radical (unpaired) electrons. The maximum absolute atomic E-state index is 10.5. The number of aliphatic hydroxyl groups excluding tert-OH is 1. The van der Waals surface area contributed by atoms with Crippen LogP contribution in [0.1, 0.15) is 69.6 Å². The van der Waals surface area contributed by atoms with Gasteiger partial charge in [0.05, 0.1) is 6.10 Å². The second-order valence-corrected chi connectivity index (χ2v) is 7.56. The molecule has 20 heavy (non-hydrogen) atoms. The zero-order valence-electron chi connectivity index (χ0n) is 12.9. The molecule has 1 aliphatic carbocycles. The summed E-state index contributed by atoms with van der Waals surface area (Å²) in [4.78, 5) is 0. The van der Waals surface area contributed by atoms with Crippen LogP contribution in [0.5, 0.6) is 5.75 Å². The summed E-state index contributed by atoms with van der Waals surface area (Å²) in [5, 5.41) is 10.5. The fourth-order valence-electron chi connectivity index (χ4n) is 3.77. The highest BCUT2D eigenvalue weighted by molar-refractivity contribution is 5.41. The van der Waals surface area contributed by atoms with Crippen LogP contribution in [0, 0.1) is 12.3 Å². The Kier molecular flexibility index (Phi) is 3.32. The molecule has 0 bridgehead atoms. The van der Waals surface area contributed by atoms with Crippen LogP contribution in [0.2, 0.25) is 0 Å². The van der Waals surface area contributed by atoms with E-state index >= 15 is 0 Å². The van der Waals surface area contributed by atoms with Crippen molar-refractivity contribution in [3.63, 3.8) is 0 Å². The summed E-state index contributed by atoms with van der Waals surface area (Å²) in [6.07, 6.45) is 6.14. The third kappa shape index (κ3) is 2.58. The van der Waals surface area contributed by atoms with E-state index in [0.29, 0.717) is 5.41 Å². The van der Waals surface area contributed by atoms with Crippen LogP contribution in [0.3, 0.4) is 0 Å². The average Bonchev–Trinajstić information content (AvgIpc) is 2.51.